The molecule has 0 spiro atoms. The first-order valence-corrected chi connectivity index (χ1v) is 8.27. The Morgan fingerprint density at radius 3 is 2.00 bits per heavy atom. The van der Waals surface area contributed by atoms with Crippen molar-refractivity contribution in [3.8, 4) is 11.5 Å². The van der Waals surface area contributed by atoms with Crippen molar-refractivity contribution in [3.63, 3.8) is 0 Å². The standard InChI is InChI=1S/C19H17F3N2O4/c1-18(2,16(25)23-12-5-3-11(4-6-12)19(20,21)22)17(26)24-13-7-8-14-15(9-13)28-10-27-14/h3-9H,10H2,1-2H3,(H,23,25)(H,24,26). The topological polar surface area (TPSA) is 76.7 Å². The molecule has 0 saturated heterocycles. The van der Waals surface area contributed by atoms with Crippen molar-refractivity contribution in [2.24, 2.45) is 5.41 Å². The van der Waals surface area contributed by atoms with Crippen molar-refractivity contribution >= 4 is 23.2 Å². The van der Waals surface area contributed by atoms with Crippen molar-refractivity contribution in [1.82, 2.24) is 0 Å². The second-order valence-corrected chi connectivity index (χ2v) is 6.68. The predicted molar refractivity (Wildman–Crippen MR) is 95.0 cm³/mol. The number of anilines is 2. The molecule has 9 heteroatoms. The summed E-state index contributed by atoms with van der Waals surface area (Å²) in [6.45, 7) is 2.91. The number of carbonyl (C=O) groups is 2. The van der Waals surface area contributed by atoms with Gasteiger partial charge in [-0.25, -0.2) is 0 Å². The molecule has 2 amide bonds. The zero-order valence-electron chi connectivity index (χ0n) is 15.0. The van der Waals surface area contributed by atoms with Gasteiger partial charge in [-0.3, -0.25) is 9.59 Å². The number of amides is 2. The molecule has 0 fully saturated rings. The molecule has 0 aromatic heterocycles. The molecule has 2 N–H and O–H groups in total. The van der Waals surface area contributed by atoms with Gasteiger partial charge in [0.2, 0.25) is 18.6 Å². The lowest BCUT2D eigenvalue weighted by Gasteiger charge is -2.23. The lowest BCUT2D eigenvalue weighted by atomic mass is 9.90. The normalized spacial score (nSPS) is 13.2. The molecule has 0 bridgehead atoms. The maximum absolute atomic E-state index is 12.6. The number of rotatable bonds is 4. The lowest BCUT2D eigenvalue weighted by molar-refractivity contribution is -0.137. The Morgan fingerprint density at radius 2 is 1.39 bits per heavy atom. The summed E-state index contributed by atoms with van der Waals surface area (Å²) in [7, 11) is 0. The fourth-order valence-electron chi connectivity index (χ4n) is 2.39. The smallest absolute Gasteiger partial charge is 0.416 e. The summed E-state index contributed by atoms with van der Waals surface area (Å²) in [6, 6.07) is 8.79. The second-order valence-electron chi connectivity index (χ2n) is 6.68. The van der Waals surface area contributed by atoms with Crippen LogP contribution in [0.25, 0.3) is 0 Å². The predicted octanol–water partition coefficient (Wildman–Crippen LogP) is 4.04. The first kappa shape index (κ1) is 19.5. The van der Waals surface area contributed by atoms with Crippen molar-refractivity contribution in [2.75, 3.05) is 17.4 Å². The molecule has 28 heavy (non-hydrogen) atoms. The Kier molecular flexibility index (Phi) is 4.93. The van der Waals surface area contributed by atoms with Crippen LogP contribution < -0.4 is 20.1 Å². The van der Waals surface area contributed by atoms with E-state index in [-0.39, 0.29) is 12.5 Å². The van der Waals surface area contributed by atoms with E-state index < -0.39 is 29.0 Å². The van der Waals surface area contributed by atoms with E-state index in [1.165, 1.54) is 13.8 Å². The summed E-state index contributed by atoms with van der Waals surface area (Å²) in [4.78, 5) is 25.1. The minimum absolute atomic E-state index is 0.0910. The first-order chi connectivity index (χ1) is 13.1. The highest BCUT2D eigenvalue weighted by molar-refractivity contribution is 6.14. The van der Waals surface area contributed by atoms with Gasteiger partial charge >= 0.3 is 6.18 Å². The quantitative estimate of drug-likeness (QED) is 0.768. The molecule has 1 aliphatic rings. The second kappa shape index (κ2) is 7.06. The van der Waals surface area contributed by atoms with Gasteiger partial charge in [-0.1, -0.05) is 0 Å². The number of nitrogens with one attached hydrogen (secondary N) is 2. The van der Waals surface area contributed by atoms with Crippen LogP contribution >= 0.6 is 0 Å². The van der Waals surface area contributed by atoms with Gasteiger partial charge in [-0.15, -0.1) is 0 Å². The number of benzene rings is 2. The monoisotopic (exact) mass is 394 g/mol. The van der Waals surface area contributed by atoms with Gasteiger partial charge in [-0.2, -0.15) is 13.2 Å². The number of ether oxygens (including phenoxy) is 2. The zero-order chi connectivity index (χ0) is 20.5. The molecule has 0 aliphatic carbocycles. The average Bonchev–Trinajstić information content (AvgIpc) is 3.09. The van der Waals surface area contributed by atoms with Gasteiger partial charge in [0.25, 0.3) is 0 Å². The van der Waals surface area contributed by atoms with Gasteiger partial charge < -0.3 is 20.1 Å². The van der Waals surface area contributed by atoms with Crippen LogP contribution in [-0.4, -0.2) is 18.6 Å². The van der Waals surface area contributed by atoms with E-state index in [0.717, 1.165) is 24.3 Å². The number of hydrogen-bond donors (Lipinski definition) is 2. The summed E-state index contributed by atoms with van der Waals surface area (Å²) >= 11 is 0. The van der Waals surface area contributed by atoms with E-state index in [0.29, 0.717) is 17.2 Å². The fraction of sp³-hybridized carbons (Fsp3) is 0.263. The maximum Gasteiger partial charge on any atom is 0.416 e. The summed E-state index contributed by atoms with van der Waals surface area (Å²) in [5.41, 5.74) is -1.74. The van der Waals surface area contributed by atoms with Crippen LogP contribution in [0.3, 0.4) is 0 Å². The fourth-order valence-corrected chi connectivity index (χ4v) is 2.39. The van der Waals surface area contributed by atoms with E-state index in [9.17, 15) is 22.8 Å². The highest BCUT2D eigenvalue weighted by Gasteiger charge is 2.36. The Bertz CT molecular complexity index is 908. The van der Waals surface area contributed by atoms with Crippen molar-refractivity contribution in [3.05, 3.63) is 48.0 Å². The third-order valence-corrected chi connectivity index (χ3v) is 4.24. The van der Waals surface area contributed by atoms with E-state index in [4.69, 9.17) is 9.47 Å². The third-order valence-electron chi connectivity index (χ3n) is 4.24. The van der Waals surface area contributed by atoms with Crippen LogP contribution in [0.4, 0.5) is 24.5 Å². The summed E-state index contributed by atoms with van der Waals surface area (Å²) < 4.78 is 48.3. The Balaban J connectivity index is 1.67. The molecule has 2 aromatic rings. The zero-order valence-corrected chi connectivity index (χ0v) is 15.0. The van der Waals surface area contributed by atoms with Crippen molar-refractivity contribution in [2.45, 2.75) is 20.0 Å². The molecule has 0 saturated carbocycles. The molecular weight excluding hydrogens is 377 g/mol. The summed E-state index contributed by atoms with van der Waals surface area (Å²) in [6.07, 6.45) is -4.47. The van der Waals surface area contributed by atoms with Crippen LogP contribution in [0, 0.1) is 5.41 Å². The third kappa shape index (κ3) is 4.03. The minimum atomic E-state index is -4.47. The van der Waals surface area contributed by atoms with Crippen LogP contribution in [0.1, 0.15) is 19.4 Å². The summed E-state index contributed by atoms with van der Waals surface area (Å²) in [5.74, 6) is -0.219. The number of hydrogen-bond acceptors (Lipinski definition) is 4. The first-order valence-electron chi connectivity index (χ1n) is 8.27. The highest BCUT2D eigenvalue weighted by atomic mass is 19.4. The van der Waals surface area contributed by atoms with E-state index in [1.54, 1.807) is 18.2 Å². The molecule has 0 radical (unpaired) electrons. The van der Waals surface area contributed by atoms with Gasteiger partial charge in [0.1, 0.15) is 5.41 Å². The number of fused-ring (bicyclic) bond motifs is 1. The molecule has 148 valence electrons. The molecule has 0 unspecified atom stereocenters. The van der Waals surface area contributed by atoms with Gasteiger partial charge in [0.15, 0.2) is 11.5 Å². The van der Waals surface area contributed by atoms with Crippen LogP contribution in [-0.2, 0) is 15.8 Å². The molecule has 3 rings (SSSR count). The molecule has 2 aromatic carbocycles. The molecular formula is C19H17F3N2O4. The van der Waals surface area contributed by atoms with Crippen molar-refractivity contribution < 1.29 is 32.2 Å². The molecule has 6 nitrogen and oxygen atoms in total. The van der Waals surface area contributed by atoms with Crippen LogP contribution in [0.15, 0.2) is 42.5 Å². The van der Waals surface area contributed by atoms with E-state index in [2.05, 4.69) is 10.6 Å². The molecule has 1 heterocycles. The highest BCUT2D eigenvalue weighted by Crippen LogP contribution is 2.35. The minimum Gasteiger partial charge on any atom is -0.454 e. The lowest BCUT2D eigenvalue weighted by Crippen LogP contribution is -2.41. The van der Waals surface area contributed by atoms with Crippen LogP contribution in [0.5, 0.6) is 11.5 Å². The Morgan fingerprint density at radius 1 is 0.857 bits per heavy atom. The van der Waals surface area contributed by atoms with Gasteiger partial charge in [0, 0.05) is 17.4 Å². The van der Waals surface area contributed by atoms with Crippen LogP contribution in [0.2, 0.25) is 0 Å². The van der Waals surface area contributed by atoms with Gasteiger partial charge in [-0.05, 0) is 50.2 Å². The Hall–Kier alpha value is -3.23. The number of carbonyl (C=O) groups excluding carboxylic acids is 2. The van der Waals surface area contributed by atoms with Crippen molar-refractivity contribution in [1.29, 1.82) is 0 Å². The number of alkyl halides is 3. The summed E-state index contributed by atoms with van der Waals surface area (Å²) in [5, 5.41) is 5.08. The largest absolute Gasteiger partial charge is 0.454 e. The molecule has 1 aliphatic heterocycles. The van der Waals surface area contributed by atoms with Gasteiger partial charge in [0.05, 0.1) is 5.56 Å². The maximum atomic E-state index is 12.6. The molecule has 0 atom stereocenters. The number of halogens is 3. The van der Waals surface area contributed by atoms with E-state index in [1.807, 2.05) is 0 Å². The van der Waals surface area contributed by atoms with E-state index >= 15 is 0 Å². The average molecular weight is 394 g/mol. The SMILES string of the molecule is CC(C)(C(=O)Nc1ccc(C(F)(F)F)cc1)C(=O)Nc1ccc2c(c1)OCO2. The Labute approximate surface area is 158 Å².